The number of anilines is 2. The van der Waals surface area contributed by atoms with Crippen molar-refractivity contribution in [2.75, 3.05) is 76.0 Å². The molecule has 0 aliphatic carbocycles. The Balaban J connectivity index is 1.44. The molecule has 0 aromatic carbocycles. The van der Waals surface area contributed by atoms with Gasteiger partial charge in [0, 0.05) is 58.1 Å². The second-order valence-electron chi connectivity index (χ2n) is 8.35. The van der Waals surface area contributed by atoms with Crippen molar-refractivity contribution in [3.63, 3.8) is 0 Å². The van der Waals surface area contributed by atoms with Gasteiger partial charge in [-0.1, -0.05) is 11.3 Å². The van der Waals surface area contributed by atoms with Crippen LogP contribution in [0.5, 0.6) is 0 Å². The highest BCUT2D eigenvalue weighted by Crippen LogP contribution is 2.32. The number of fused-ring (bicyclic) bond motifs is 1. The molecule has 13 heteroatoms. The van der Waals surface area contributed by atoms with Gasteiger partial charge in [0.15, 0.2) is 11.6 Å². The van der Waals surface area contributed by atoms with Gasteiger partial charge in [0.25, 0.3) is 0 Å². The lowest BCUT2D eigenvalue weighted by atomic mass is 10.2. The first-order valence-corrected chi connectivity index (χ1v) is 13.9. The first kappa shape index (κ1) is 23.3. The Morgan fingerprint density at radius 1 is 1.06 bits per heavy atom. The van der Waals surface area contributed by atoms with Gasteiger partial charge < -0.3 is 15.0 Å². The van der Waals surface area contributed by atoms with E-state index in [9.17, 15) is 8.42 Å². The summed E-state index contributed by atoms with van der Waals surface area (Å²) in [4.78, 5) is 24.4. The van der Waals surface area contributed by atoms with E-state index in [-0.39, 0.29) is 0 Å². The average molecular weight is 505 g/mol. The highest BCUT2D eigenvalue weighted by Gasteiger charge is 2.25. The van der Waals surface area contributed by atoms with Crippen LogP contribution in [0.4, 0.5) is 11.6 Å². The molecule has 0 amide bonds. The molecule has 5 rings (SSSR count). The maximum absolute atomic E-state index is 11.8. The van der Waals surface area contributed by atoms with Gasteiger partial charge in [-0.05, 0) is 12.1 Å². The molecule has 34 heavy (non-hydrogen) atoms. The molecule has 3 aromatic heterocycles. The predicted octanol–water partition coefficient (Wildman–Crippen LogP) is 1.10. The van der Waals surface area contributed by atoms with Gasteiger partial charge in [0.05, 0.1) is 26.0 Å². The van der Waals surface area contributed by atoms with E-state index < -0.39 is 10.0 Å². The van der Waals surface area contributed by atoms with Gasteiger partial charge >= 0.3 is 0 Å². The molecule has 0 bridgehead atoms. The van der Waals surface area contributed by atoms with Gasteiger partial charge in [-0.15, -0.1) is 0 Å². The minimum Gasteiger partial charge on any atom is -0.378 e. The number of ether oxygens (including phenoxy) is 1. The van der Waals surface area contributed by atoms with E-state index in [1.54, 1.807) is 17.5 Å². The first-order chi connectivity index (χ1) is 16.4. The summed E-state index contributed by atoms with van der Waals surface area (Å²) < 4.78 is 30.7. The number of hydrogen-bond donors (Lipinski definition) is 1. The van der Waals surface area contributed by atoms with Crippen LogP contribution in [0.15, 0.2) is 18.3 Å². The predicted molar refractivity (Wildman–Crippen MR) is 133 cm³/mol. The van der Waals surface area contributed by atoms with Crippen molar-refractivity contribution < 1.29 is 13.2 Å². The lowest BCUT2D eigenvalue weighted by molar-refractivity contribution is 0.122. The molecule has 0 radical (unpaired) electrons. The quantitative estimate of drug-likeness (QED) is 0.523. The summed E-state index contributed by atoms with van der Waals surface area (Å²) in [5.74, 6) is 2.24. The molecule has 0 saturated carbocycles. The molecule has 0 atom stereocenters. The molecule has 3 aromatic rings. The van der Waals surface area contributed by atoms with E-state index in [2.05, 4.69) is 20.1 Å². The largest absolute Gasteiger partial charge is 0.378 e. The van der Waals surface area contributed by atoms with Gasteiger partial charge in [0.1, 0.15) is 21.2 Å². The Morgan fingerprint density at radius 2 is 1.82 bits per heavy atom. The fraction of sp³-hybridized carbons (Fsp3) is 0.524. The average Bonchev–Trinajstić information content (AvgIpc) is 3.26. The van der Waals surface area contributed by atoms with Crippen molar-refractivity contribution in [1.29, 1.82) is 0 Å². The van der Waals surface area contributed by atoms with Gasteiger partial charge in [-0.3, -0.25) is 4.90 Å². The Hall–Kier alpha value is -2.45. The van der Waals surface area contributed by atoms with Crippen LogP contribution in [0.1, 0.15) is 5.01 Å². The Labute approximate surface area is 202 Å². The smallest absolute Gasteiger partial charge is 0.211 e. The minimum absolute atomic E-state index is 0.502. The zero-order valence-electron chi connectivity index (χ0n) is 19.3. The Morgan fingerprint density at radius 3 is 2.47 bits per heavy atom. The van der Waals surface area contributed by atoms with Crippen LogP contribution in [0, 0.1) is 0 Å². The molecule has 182 valence electrons. The third-order valence-electron chi connectivity index (χ3n) is 6.03. The summed E-state index contributed by atoms with van der Waals surface area (Å²) in [6, 6.07) is 3.87. The number of sulfonamides is 1. The zero-order valence-corrected chi connectivity index (χ0v) is 20.9. The van der Waals surface area contributed by atoms with E-state index >= 15 is 0 Å². The van der Waals surface area contributed by atoms with Crippen molar-refractivity contribution in [2.45, 2.75) is 6.54 Å². The van der Waals surface area contributed by atoms with Crippen molar-refractivity contribution in [3.05, 3.63) is 23.3 Å². The number of aromatic nitrogens is 4. The first-order valence-electron chi connectivity index (χ1n) is 11.2. The number of hydrogen-bond acceptors (Lipinski definition) is 11. The number of thiazole rings is 1. The summed E-state index contributed by atoms with van der Waals surface area (Å²) in [7, 11) is -1.31. The number of piperazine rings is 1. The summed E-state index contributed by atoms with van der Waals surface area (Å²) >= 11 is 1.57. The lowest BCUT2D eigenvalue weighted by Crippen LogP contribution is -2.47. The van der Waals surface area contributed by atoms with Crippen LogP contribution >= 0.6 is 11.3 Å². The molecule has 1 N–H and O–H groups in total. The molecular weight excluding hydrogens is 476 g/mol. The summed E-state index contributed by atoms with van der Waals surface area (Å²) in [5, 5.41) is 3.98. The summed E-state index contributed by atoms with van der Waals surface area (Å²) in [5.41, 5.74) is 1.66. The number of pyridine rings is 1. The zero-order chi connectivity index (χ0) is 23.7. The van der Waals surface area contributed by atoms with E-state index in [1.807, 2.05) is 19.2 Å². The maximum atomic E-state index is 11.8. The molecular formula is C21H28N8O3S2. The molecule has 2 fully saturated rings. The monoisotopic (exact) mass is 504 g/mol. The van der Waals surface area contributed by atoms with E-state index in [4.69, 9.17) is 19.7 Å². The van der Waals surface area contributed by atoms with Crippen LogP contribution < -0.4 is 10.2 Å². The molecule has 11 nitrogen and oxygen atoms in total. The normalized spacial score (nSPS) is 18.5. The second-order valence-corrected chi connectivity index (χ2v) is 11.4. The summed E-state index contributed by atoms with van der Waals surface area (Å²) in [6.45, 7) is 5.84. The number of nitrogens with zero attached hydrogens (tertiary/aromatic N) is 7. The van der Waals surface area contributed by atoms with Crippen molar-refractivity contribution in [3.8, 4) is 11.4 Å². The van der Waals surface area contributed by atoms with Crippen molar-refractivity contribution in [2.24, 2.45) is 0 Å². The van der Waals surface area contributed by atoms with Crippen LogP contribution in [0.25, 0.3) is 21.7 Å². The van der Waals surface area contributed by atoms with Crippen LogP contribution in [-0.2, 0) is 21.3 Å². The molecule has 5 heterocycles. The Kier molecular flexibility index (Phi) is 6.62. The van der Waals surface area contributed by atoms with E-state index in [1.165, 1.54) is 10.6 Å². The van der Waals surface area contributed by atoms with Gasteiger partial charge in [-0.25, -0.2) is 28.4 Å². The fourth-order valence-corrected chi connectivity index (χ4v) is 5.93. The molecule has 2 saturated heterocycles. The third kappa shape index (κ3) is 4.98. The maximum Gasteiger partial charge on any atom is 0.211 e. The van der Waals surface area contributed by atoms with Gasteiger partial charge in [-0.2, -0.15) is 4.31 Å². The van der Waals surface area contributed by atoms with Crippen LogP contribution in [-0.4, -0.2) is 103 Å². The van der Waals surface area contributed by atoms with Crippen LogP contribution in [0.2, 0.25) is 0 Å². The molecule has 0 spiro atoms. The van der Waals surface area contributed by atoms with Crippen molar-refractivity contribution in [1.82, 2.24) is 29.1 Å². The highest BCUT2D eigenvalue weighted by molar-refractivity contribution is 7.88. The molecule has 2 aliphatic rings. The fourth-order valence-electron chi connectivity index (χ4n) is 4.13. The minimum atomic E-state index is -3.15. The van der Waals surface area contributed by atoms with E-state index in [0.717, 1.165) is 45.6 Å². The summed E-state index contributed by atoms with van der Waals surface area (Å²) in [6.07, 6.45) is 3.04. The third-order valence-corrected chi connectivity index (χ3v) is 8.27. The highest BCUT2D eigenvalue weighted by atomic mass is 32.2. The van der Waals surface area contributed by atoms with Gasteiger partial charge in [0.2, 0.25) is 10.0 Å². The van der Waals surface area contributed by atoms with E-state index in [0.29, 0.717) is 51.8 Å². The topological polar surface area (TPSA) is 117 Å². The lowest BCUT2D eigenvalue weighted by Gasteiger charge is -2.32. The number of morpholine rings is 1. The SMILES string of the molecule is CNc1ccc(-c2nc(N3CCOCC3)c3nc(CN4CCN(S(C)(=O)=O)CC4)sc3n2)cn1. The van der Waals surface area contributed by atoms with Crippen molar-refractivity contribution >= 4 is 43.3 Å². The molecule has 0 unspecified atom stereocenters. The number of nitrogens with one attached hydrogen (secondary N) is 1. The standard InChI is InChI=1S/C21H28N8O3S2/c1-22-16-4-3-15(13-23-16)19-25-20(28-9-11-32-12-10-28)18-21(26-19)33-17(24-18)14-27-5-7-29(8-6-27)34(2,30)31/h3-4,13H,5-12,14H2,1-2H3,(H,22,23). The second kappa shape index (κ2) is 9.66. The molecule has 2 aliphatic heterocycles. The number of rotatable bonds is 6. The Bertz CT molecular complexity index is 1250. The van der Waals surface area contributed by atoms with Crippen LogP contribution in [0.3, 0.4) is 0 Å².